The normalized spacial score (nSPS) is 27.1. The van der Waals surface area contributed by atoms with Gasteiger partial charge in [0.05, 0.1) is 12.2 Å². The van der Waals surface area contributed by atoms with Gasteiger partial charge in [0.15, 0.2) is 8.32 Å². The van der Waals surface area contributed by atoms with E-state index >= 15 is 0 Å². The summed E-state index contributed by atoms with van der Waals surface area (Å²) < 4.78 is 28.7. The van der Waals surface area contributed by atoms with Crippen molar-refractivity contribution in [3.63, 3.8) is 0 Å². The standard InChI is InChI=1S/C26H46N2O6Si2/c1-13-14-28-15-17(22(29)27-23(28)30)19-21(33-35(11,12)24(2,3)4)20-18(32-19)16-31-36(34-20,25(5,6)7)26(8,9)10/h13,15,18-21H,1,14,16H2,2-12H3,(H,27,29,30)/t18-,19+,20+,21?/m1/s1. The van der Waals surface area contributed by atoms with Gasteiger partial charge < -0.3 is 18.0 Å². The first-order valence-electron chi connectivity index (χ1n) is 12.9. The SMILES string of the molecule is C=CCn1cc([C@@H]2O[C@@H]3CO[Si](C(C)(C)C)(C(C)(C)C)O[C@@H]3C2O[Si](C)(C)C(C)(C)C)c(=O)[nH]c1=O. The molecule has 3 heterocycles. The Balaban J connectivity index is 2.16. The summed E-state index contributed by atoms with van der Waals surface area (Å²) >= 11 is 0. The summed E-state index contributed by atoms with van der Waals surface area (Å²) in [5.41, 5.74) is -0.590. The van der Waals surface area contributed by atoms with Gasteiger partial charge in [0.1, 0.15) is 24.4 Å². The molecule has 1 unspecified atom stereocenters. The molecule has 0 radical (unpaired) electrons. The predicted octanol–water partition coefficient (Wildman–Crippen LogP) is 5.01. The maximum Gasteiger partial charge on any atom is 0.349 e. The molecule has 3 rings (SSSR count). The summed E-state index contributed by atoms with van der Waals surface area (Å²) in [4.78, 5) is 27.9. The number of nitrogens with zero attached hydrogens (tertiary/aromatic N) is 1. The van der Waals surface area contributed by atoms with E-state index in [-0.39, 0.29) is 33.9 Å². The first-order valence-corrected chi connectivity index (χ1v) is 17.6. The average Bonchev–Trinajstić information content (AvgIpc) is 3.04. The Kier molecular flexibility index (Phi) is 7.69. The van der Waals surface area contributed by atoms with E-state index < -0.39 is 40.3 Å². The Hall–Kier alpha value is -1.31. The van der Waals surface area contributed by atoms with Gasteiger partial charge in [-0.3, -0.25) is 14.3 Å². The second-order valence-corrected chi connectivity index (χ2v) is 23.2. The molecule has 204 valence electrons. The predicted molar refractivity (Wildman–Crippen MR) is 147 cm³/mol. The van der Waals surface area contributed by atoms with Crippen LogP contribution in [0.1, 0.15) is 74.0 Å². The van der Waals surface area contributed by atoms with Gasteiger partial charge in [-0.1, -0.05) is 68.4 Å². The van der Waals surface area contributed by atoms with E-state index in [2.05, 4.69) is 87.0 Å². The first-order chi connectivity index (χ1) is 16.3. The van der Waals surface area contributed by atoms with Gasteiger partial charge in [0, 0.05) is 22.8 Å². The topological polar surface area (TPSA) is 91.8 Å². The lowest BCUT2D eigenvalue weighted by atomic mass is 10.0. The van der Waals surface area contributed by atoms with Crippen LogP contribution in [0.4, 0.5) is 0 Å². The van der Waals surface area contributed by atoms with Crippen LogP contribution >= 0.6 is 0 Å². The van der Waals surface area contributed by atoms with Crippen molar-refractivity contribution in [1.29, 1.82) is 0 Å². The van der Waals surface area contributed by atoms with Crippen LogP contribution in [0.5, 0.6) is 0 Å². The molecule has 0 aromatic carbocycles. The molecule has 10 heteroatoms. The lowest BCUT2D eigenvalue weighted by molar-refractivity contribution is -0.0717. The molecule has 1 N–H and O–H groups in total. The molecule has 2 aliphatic rings. The molecule has 36 heavy (non-hydrogen) atoms. The first kappa shape index (κ1) is 29.3. The van der Waals surface area contributed by atoms with Crippen molar-refractivity contribution in [3.8, 4) is 0 Å². The molecule has 0 saturated carbocycles. The average molecular weight is 539 g/mol. The van der Waals surface area contributed by atoms with Crippen LogP contribution in [0.25, 0.3) is 0 Å². The fourth-order valence-electron chi connectivity index (χ4n) is 5.24. The van der Waals surface area contributed by atoms with Crippen molar-refractivity contribution < 1.29 is 18.0 Å². The summed E-state index contributed by atoms with van der Waals surface area (Å²) in [7, 11) is -5.11. The van der Waals surface area contributed by atoms with E-state index in [4.69, 9.17) is 18.0 Å². The molecule has 2 aliphatic heterocycles. The zero-order valence-corrected chi connectivity index (χ0v) is 26.0. The van der Waals surface area contributed by atoms with Gasteiger partial charge in [0.25, 0.3) is 5.56 Å². The van der Waals surface area contributed by atoms with Gasteiger partial charge in [-0.25, -0.2) is 4.79 Å². The second-order valence-electron chi connectivity index (χ2n) is 13.7. The molecule has 1 aromatic heterocycles. The molecule has 0 aliphatic carbocycles. The Morgan fingerprint density at radius 2 is 1.72 bits per heavy atom. The van der Waals surface area contributed by atoms with Gasteiger partial charge >= 0.3 is 14.3 Å². The lowest BCUT2D eigenvalue weighted by Crippen LogP contribution is -2.66. The molecule has 2 saturated heterocycles. The molecule has 8 nitrogen and oxygen atoms in total. The van der Waals surface area contributed by atoms with E-state index in [0.29, 0.717) is 12.2 Å². The third-order valence-electron chi connectivity index (χ3n) is 7.95. The number of allylic oxidation sites excluding steroid dienone is 1. The number of fused-ring (bicyclic) bond motifs is 1. The minimum Gasteiger partial charge on any atom is -0.408 e. The molecule has 0 amide bonds. The van der Waals surface area contributed by atoms with Crippen LogP contribution in [0.15, 0.2) is 28.4 Å². The number of aromatic nitrogens is 2. The van der Waals surface area contributed by atoms with Gasteiger partial charge in [-0.2, -0.15) is 0 Å². The maximum atomic E-state index is 13.1. The minimum atomic E-state index is -2.81. The number of hydrogen-bond donors (Lipinski definition) is 1. The van der Waals surface area contributed by atoms with Crippen LogP contribution < -0.4 is 11.2 Å². The Bertz CT molecular complexity index is 1080. The molecule has 1 aromatic rings. The number of H-pyrrole nitrogens is 1. The highest BCUT2D eigenvalue weighted by Crippen LogP contribution is 2.56. The highest BCUT2D eigenvalue weighted by Gasteiger charge is 2.65. The summed E-state index contributed by atoms with van der Waals surface area (Å²) in [5, 5.41) is -0.466. The molecule has 0 bridgehead atoms. The smallest absolute Gasteiger partial charge is 0.349 e. The maximum absolute atomic E-state index is 13.1. The third-order valence-corrected chi connectivity index (χ3v) is 17.5. The number of hydrogen-bond acceptors (Lipinski definition) is 6. The molecular weight excluding hydrogens is 492 g/mol. The Morgan fingerprint density at radius 1 is 1.14 bits per heavy atom. The number of aromatic amines is 1. The molecular formula is C26H46N2O6Si2. The van der Waals surface area contributed by atoms with Crippen LogP contribution in [-0.2, 0) is 24.6 Å². The summed E-state index contributed by atoms with van der Waals surface area (Å²) in [5.74, 6) is 0. The highest BCUT2D eigenvalue weighted by molar-refractivity contribution is 6.74. The summed E-state index contributed by atoms with van der Waals surface area (Å²) in [6.45, 7) is 28.4. The molecule has 2 fully saturated rings. The van der Waals surface area contributed by atoms with Crippen LogP contribution in [-0.4, -0.2) is 51.3 Å². The number of nitrogens with one attached hydrogen (secondary N) is 1. The molecule has 4 atom stereocenters. The summed E-state index contributed by atoms with van der Waals surface area (Å²) in [6.07, 6.45) is 1.23. The zero-order valence-electron chi connectivity index (χ0n) is 24.0. The second kappa shape index (κ2) is 9.46. The lowest BCUT2D eigenvalue weighted by Gasteiger charge is -2.54. The van der Waals surface area contributed by atoms with Gasteiger partial charge in [0.2, 0.25) is 0 Å². The van der Waals surface area contributed by atoms with Gasteiger partial charge in [-0.15, -0.1) is 6.58 Å². The minimum absolute atomic E-state index is 0.0581. The van der Waals surface area contributed by atoms with Crippen LogP contribution in [0, 0.1) is 0 Å². The highest BCUT2D eigenvalue weighted by atomic mass is 28.4. The number of rotatable bonds is 5. The molecule has 0 spiro atoms. The van der Waals surface area contributed by atoms with E-state index in [0.717, 1.165) is 0 Å². The van der Waals surface area contributed by atoms with E-state index in [9.17, 15) is 9.59 Å². The monoisotopic (exact) mass is 538 g/mol. The largest absolute Gasteiger partial charge is 0.408 e. The summed E-state index contributed by atoms with van der Waals surface area (Å²) in [6, 6.07) is 0. The van der Waals surface area contributed by atoms with Crippen molar-refractivity contribution in [2.45, 2.75) is 121 Å². The van der Waals surface area contributed by atoms with Crippen molar-refractivity contribution in [2.24, 2.45) is 0 Å². The fraction of sp³-hybridized carbons (Fsp3) is 0.769. The van der Waals surface area contributed by atoms with E-state index in [1.165, 1.54) is 4.57 Å². The quantitative estimate of drug-likeness (QED) is 0.419. The van der Waals surface area contributed by atoms with Crippen LogP contribution in [0.3, 0.4) is 0 Å². The van der Waals surface area contributed by atoms with E-state index in [1.807, 2.05) is 0 Å². The number of ether oxygens (including phenoxy) is 1. The van der Waals surface area contributed by atoms with Crippen molar-refractivity contribution >= 4 is 16.9 Å². The van der Waals surface area contributed by atoms with Gasteiger partial charge in [-0.05, 0) is 18.1 Å². The zero-order chi connectivity index (χ0) is 27.5. The fourth-order valence-corrected chi connectivity index (χ4v) is 11.5. The van der Waals surface area contributed by atoms with Crippen LogP contribution in [0.2, 0.25) is 28.2 Å². The Morgan fingerprint density at radius 3 is 2.22 bits per heavy atom. The van der Waals surface area contributed by atoms with Crippen molar-refractivity contribution in [2.75, 3.05) is 6.61 Å². The van der Waals surface area contributed by atoms with E-state index in [1.54, 1.807) is 12.3 Å². The van der Waals surface area contributed by atoms with Crippen molar-refractivity contribution in [1.82, 2.24) is 9.55 Å². The third kappa shape index (κ3) is 5.04. The van der Waals surface area contributed by atoms with Crippen molar-refractivity contribution in [3.05, 3.63) is 45.3 Å². The Labute approximate surface area is 217 Å².